The van der Waals surface area contributed by atoms with Crippen LogP contribution in [0.2, 0.25) is 0 Å². The zero-order valence-electron chi connectivity index (χ0n) is 20.8. The van der Waals surface area contributed by atoms with Crippen molar-refractivity contribution in [3.05, 3.63) is 52.0 Å². The molecule has 3 rings (SSSR count). The SMILES string of the molecule is Cc1cc([C@H](NC2=NS(=O)(=O)C(C(F)(F)F)=C2Nc2cccc(S(=O)(=O)N(C)C)c2O)C(C)C)oc1C. The Balaban J connectivity index is 2.16. The summed E-state index contributed by atoms with van der Waals surface area (Å²) in [4.78, 5) is -2.58. The molecule has 1 aromatic carbocycles. The summed E-state index contributed by atoms with van der Waals surface area (Å²) in [5.41, 5.74) is -0.679. The number of benzene rings is 1. The molecule has 1 aliphatic heterocycles. The minimum atomic E-state index is -5.36. The number of aromatic hydroxyl groups is 1. The lowest BCUT2D eigenvalue weighted by Crippen LogP contribution is -2.34. The van der Waals surface area contributed by atoms with Gasteiger partial charge in [-0.1, -0.05) is 19.9 Å². The fourth-order valence-electron chi connectivity index (χ4n) is 3.58. The number of furan rings is 1. The summed E-state index contributed by atoms with van der Waals surface area (Å²) >= 11 is 0. The Morgan fingerprint density at radius 3 is 2.27 bits per heavy atom. The van der Waals surface area contributed by atoms with Crippen LogP contribution in [0.3, 0.4) is 0 Å². The predicted octanol–water partition coefficient (Wildman–Crippen LogP) is 3.77. The normalized spacial score (nSPS) is 16.9. The number of nitrogens with one attached hydrogen (secondary N) is 2. The molecule has 1 atom stereocenters. The summed E-state index contributed by atoms with van der Waals surface area (Å²) in [6.07, 6.45) is -5.36. The number of nitrogens with zero attached hydrogens (tertiary/aromatic N) is 2. The van der Waals surface area contributed by atoms with Gasteiger partial charge in [0.2, 0.25) is 10.0 Å². The molecule has 0 amide bonds. The molecule has 1 aliphatic rings. The van der Waals surface area contributed by atoms with Crippen LogP contribution in [0.4, 0.5) is 18.9 Å². The van der Waals surface area contributed by atoms with Gasteiger partial charge in [0.25, 0.3) is 10.0 Å². The van der Waals surface area contributed by atoms with Crippen LogP contribution in [-0.2, 0) is 20.0 Å². The number of phenolic OH excluding ortho intramolecular Hbond substituents is 1. The van der Waals surface area contributed by atoms with Crippen molar-refractivity contribution in [3.63, 3.8) is 0 Å². The molecule has 0 fully saturated rings. The lowest BCUT2D eigenvalue weighted by Gasteiger charge is -2.23. The van der Waals surface area contributed by atoms with E-state index in [2.05, 4.69) is 15.0 Å². The second kappa shape index (κ2) is 9.68. The van der Waals surface area contributed by atoms with Gasteiger partial charge in [-0.15, -0.1) is 4.40 Å². The first-order valence-corrected chi connectivity index (χ1v) is 13.8. The van der Waals surface area contributed by atoms with Crippen molar-refractivity contribution in [1.29, 1.82) is 0 Å². The molecule has 0 saturated carbocycles. The fraction of sp³-hybridized carbons (Fsp3) is 0.409. The lowest BCUT2D eigenvalue weighted by atomic mass is 10.0. The highest BCUT2D eigenvalue weighted by Gasteiger charge is 2.50. The van der Waals surface area contributed by atoms with Crippen LogP contribution in [0.15, 0.2) is 48.6 Å². The maximum absolute atomic E-state index is 14.0. The van der Waals surface area contributed by atoms with Crippen LogP contribution in [0.25, 0.3) is 0 Å². The highest BCUT2D eigenvalue weighted by atomic mass is 32.2. The molecule has 2 aromatic rings. The number of para-hydroxylation sites is 1. The number of hydrogen-bond donors (Lipinski definition) is 3. The first kappa shape index (κ1) is 28.5. The Morgan fingerprint density at radius 2 is 1.78 bits per heavy atom. The number of alkyl halides is 3. The Kier molecular flexibility index (Phi) is 7.47. The van der Waals surface area contributed by atoms with Crippen molar-refractivity contribution in [2.75, 3.05) is 19.4 Å². The zero-order valence-corrected chi connectivity index (χ0v) is 22.4. The van der Waals surface area contributed by atoms with E-state index >= 15 is 0 Å². The summed E-state index contributed by atoms with van der Waals surface area (Å²) in [6, 6.07) is 4.25. The third-order valence-electron chi connectivity index (χ3n) is 5.66. The number of amidine groups is 1. The third kappa shape index (κ3) is 5.48. The van der Waals surface area contributed by atoms with Gasteiger partial charge in [-0.2, -0.15) is 21.6 Å². The van der Waals surface area contributed by atoms with Crippen molar-refractivity contribution in [2.24, 2.45) is 10.3 Å². The highest BCUT2D eigenvalue weighted by Crippen LogP contribution is 2.41. The third-order valence-corrected chi connectivity index (χ3v) is 8.88. The van der Waals surface area contributed by atoms with Gasteiger partial charge in [0, 0.05) is 14.1 Å². The van der Waals surface area contributed by atoms with E-state index in [0.29, 0.717) is 11.5 Å². The maximum atomic E-state index is 14.0. The van der Waals surface area contributed by atoms with E-state index in [1.165, 1.54) is 20.2 Å². The second-order valence-electron chi connectivity index (χ2n) is 8.94. The molecule has 2 heterocycles. The van der Waals surface area contributed by atoms with Gasteiger partial charge >= 0.3 is 6.18 Å². The molecule has 10 nitrogen and oxygen atoms in total. The number of rotatable bonds is 7. The molecular weight excluding hydrogens is 537 g/mol. The smallest absolute Gasteiger partial charge is 0.431 e. The molecule has 15 heteroatoms. The summed E-state index contributed by atoms with van der Waals surface area (Å²) in [5, 5.41) is 15.6. The molecule has 0 aliphatic carbocycles. The van der Waals surface area contributed by atoms with Crippen LogP contribution >= 0.6 is 0 Å². The summed E-state index contributed by atoms with van der Waals surface area (Å²) < 4.78 is 102. The number of aryl methyl sites for hydroxylation is 2. The van der Waals surface area contributed by atoms with Gasteiger partial charge in [-0.05, 0) is 43.5 Å². The van der Waals surface area contributed by atoms with E-state index in [0.717, 1.165) is 22.0 Å². The van der Waals surface area contributed by atoms with Crippen molar-refractivity contribution in [2.45, 2.75) is 44.8 Å². The lowest BCUT2D eigenvalue weighted by molar-refractivity contribution is -0.0847. The van der Waals surface area contributed by atoms with Crippen LogP contribution in [0, 0.1) is 19.8 Å². The number of allylic oxidation sites excluding steroid dienone is 1. The minimum Gasteiger partial charge on any atom is -0.504 e. The monoisotopic (exact) mass is 564 g/mol. The van der Waals surface area contributed by atoms with Crippen molar-refractivity contribution in [1.82, 2.24) is 9.62 Å². The summed E-state index contributed by atoms with van der Waals surface area (Å²) in [5.74, 6) is -0.915. The maximum Gasteiger partial charge on any atom is 0.431 e. The van der Waals surface area contributed by atoms with Gasteiger partial charge in [0.1, 0.15) is 22.1 Å². The van der Waals surface area contributed by atoms with Crippen LogP contribution in [0.5, 0.6) is 5.75 Å². The Labute approximate surface area is 213 Å². The van der Waals surface area contributed by atoms with E-state index < -0.39 is 65.0 Å². The molecule has 0 bridgehead atoms. The Bertz CT molecular complexity index is 1470. The Morgan fingerprint density at radius 1 is 1.16 bits per heavy atom. The largest absolute Gasteiger partial charge is 0.504 e. The van der Waals surface area contributed by atoms with Crippen LogP contribution in [0.1, 0.15) is 37.0 Å². The molecule has 0 radical (unpaired) electrons. The number of sulfonamides is 2. The fourth-order valence-corrected chi connectivity index (χ4v) is 5.75. The van der Waals surface area contributed by atoms with E-state index in [1.807, 2.05) is 0 Å². The molecule has 204 valence electrons. The van der Waals surface area contributed by atoms with Crippen molar-refractivity contribution in [3.8, 4) is 5.75 Å². The van der Waals surface area contributed by atoms with Gasteiger partial charge in [-0.3, -0.25) is 0 Å². The standard InChI is InChI=1S/C22H27F3N4O6S2/c1-11(2)17(15-10-12(3)13(4)35-15)27-21-18(20(22(23,24)25)36(31,32)28-21)26-14-8-7-9-16(19(14)30)37(33,34)29(5)6/h7-11,17,26,30H,1-6H3,(H,27,28)/t17-/m1/s1. The first-order chi connectivity index (χ1) is 16.9. The number of halogens is 3. The highest BCUT2D eigenvalue weighted by molar-refractivity contribution is 7.94. The zero-order chi connectivity index (χ0) is 28.1. The second-order valence-corrected chi connectivity index (χ2v) is 12.6. The van der Waals surface area contributed by atoms with Crippen molar-refractivity contribution < 1.29 is 39.5 Å². The first-order valence-electron chi connectivity index (χ1n) is 10.9. The molecule has 0 unspecified atom stereocenters. The molecule has 1 aromatic heterocycles. The van der Waals surface area contributed by atoms with Gasteiger partial charge in [-0.25, -0.2) is 12.7 Å². The minimum absolute atomic E-state index is 0.284. The van der Waals surface area contributed by atoms with Crippen LogP contribution in [-0.4, -0.2) is 52.4 Å². The topological polar surface area (TPSA) is 141 Å². The quantitative estimate of drug-likeness (QED) is 0.432. The molecule has 37 heavy (non-hydrogen) atoms. The number of phenols is 1. The van der Waals surface area contributed by atoms with Gasteiger partial charge in [0.05, 0.1) is 11.7 Å². The number of anilines is 1. The molecule has 3 N–H and O–H groups in total. The summed E-state index contributed by atoms with van der Waals surface area (Å²) in [7, 11) is -6.97. The summed E-state index contributed by atoms with van der Waals surface area (Å²) in [6.45, 7) is 6.99. The Hall–Kier alpha value is -3.04. The van der Waals surface area contributed by atoms with E-state index in [4.69, 9.17) is 4.42 Å². The van der Waals surface area contributed by atoms with Gasteiger partial charge in [0.15, 0.2) is 16.5 Å². The molecular formula is C22H27F3N4O6S2. The van der Waals surface area contributed by atoms with E-state index in [1.54, 1.807) is 33.8 Å². The van der Waals surface area contributed by atoms with Gasteiger partial charge < -0.3 is 20.2 Å². The predicted molar refractivity (Wildman–Crippen MR) is 131 cm³/mol. The average molecular weight is 565 g/mol. The number of hydrogen-bond acceptors (Lipinski definition) is 8. The van der Waals surface area contributed by atoms with E-state index in [-0.39, 0.29) is 5.92 Å². The molecule has 0 spiro atoms. The van der Waals surface area contributed by atoms with E-state index in [9.17, 15) is 35.1 Å². The molecule has 0 saturated heterocycles. The van der Waals surface area contributed by atoms with Crippen molar-refractivity contribution >= 4 is 31.6 Å². The van der Waals surface area contributed by atoms with Crippen LogP contribution < -0.4 is 10.6 Å². The average Bonchev–Trinajstić information content (AvgIpc) is 3.21.